The van der Waals surface area contributed by atoms with Crippen LogP contribution in [0.3, 0.4) is 0 Å². The fourth-order valence-electron chi connectivity index (χ4n) is 14.1. The first kappa shape index (κ1) is 94.7. The number of ether oxygens (including phenoxy) is 6. The van der Waals surface area contributed by atoms with Gasteiger partial charge in [-0.15, -0.1) is 0 Å². The molecule has 0 aliphatic carbocycles. The van der Waals surface area contributed by atoms with Gasteiger partial charge < -0.3 is 89.9 Å². The van der Waals surface area contributed by atoms with Crippen LogP contribution in [0.15, 0.2) is 60.8 Å². The van der Waals surface area contributed by atoms with E-state index in [-0.39, 0.29) is 18.9 Å². The van der Waals surface area contributed by atoms with Crippen molar-refractivity contribution in [2.45, 2.75) is 439 Å². The maximum atomic E-state index is 13.5. The fraction of sp³-hybridized carbons (Fsp3) is 0.869. The Hall–Kier alpha value is -2.51. The van der Waals surface area contributed by atoms with Crippen LogP contribution in [-0.2, 0) is 33.2 Å². The maximum absolute atomic E-state index is 13.5. The summed E-state index contributed by atoms with van der Waals surface area (Å²) >= 11 is 0. The average molecular weight is 1470 g/mol. The van der Waals surface area contributed by atoms with E-state index >= 15 is 0 Å². The molecule has 0 aromatic carbocycles. The summed E-state index contributed by atoms with van der Waals surface area (Å²) in [7, 11) is 0. The van der Waals surface area contributed by atoms with E-state index < -0.39 is 124 Å². The molecule has 12 N–H and O–H groups in total. The molecular weight excluding hydrogens is 1310 g/mol. The van der Waals surface area contributed by atoms with Crippen molar-refractivity contribution in [3.8, 4) is 0 Å². The molecule has 3 fully saturated rings. The van der Waals surface area contributed by atoms with E-state index in [1.54, 1.807) is 6.08 Å². The second-order valence-electron chi connectivity index (χ2n) is 29.9. The standard InChI is InChI=1S/C84H153NO18/c1-3-5-7-9-11-13-15-17-19-21-23-25-27-29-31-33-35-37-39-41-43-45-47-49-51-53-55-57-59-61-68(89)67(85-72(90)62-60-58-56-54-52-50-48-46-44-42-40-38-36-34-32-30-28-26-24-22-20-18-16-14-12-10-8-6-4-2)66-98-82-78(96)75(93)80(70(64-87)100-82)103-84-79(97)76(94)81(71(65-88)101-84)102-83-77(95)74(92)73(91)69(63-86)99-83/h6,8,12,14,18,20,24,26,59,61,67-71,73-84,86-89,91-97H,3-5,7,9-11,13,15-17,19,21-23,25,27-58,60,62-66H2,1-2H3,(H,85,90)/b8-6-,14-12-,20-18-,26-24-,61-59+. The number of unbranched alkanes of at least 4 members (excludes halogenated alkanes) is 43. The van der Waals surface area contributed by atoms with Gasteiger partial charge in [0, 0.05) is 6.42 Å². The minimum absolute atomic E-state index is 0.243. The molecule has 0 radical (unpaired) electrons. The van der Waals surface area contributed by atoms with Gasteiger partial charge >= 0.3 is 0 Å². The Morgan fingerprint density at radius 3 is 1.05 bits per heavy atom. The van der Waals surface area contributed by atoms with Gasteiger partial charge in [-0.1, -0.05) is 331 Å². The van der Waals surface area contributed by atoms with Crippen LogP contribution < -0.4 is 5.32 Å². The van der Waals surface area contributed by atoms with E-state index in [1.165, 1.54) is 238 Å². The predicted octanol–water partition coefficient (Wildman–Crippen LogP) is 14.6. The summed E-state index contributed by atoms with van der Waals surface area (Å²) in [5.41, 5.74) is 0. The molecule has 3 heterocycles. The number of aliphatic hydroxyl groups excluding tert-OH is 11. The minimum Gasteiger partial charge on any atom is -0.394 e. The smallest absolute Gasteiger partial charge is 0.220 e. The minimum atomic E-state index is -1.98. The van der Waals surface area contributed by atoms with Gasteiger partial charge in [0.25, 0.3) is 0 Å². The molecule has 19 nitrogen and oxygen atoms in total. The lowest BCUT2D eigenvalue weighted by atomic mass is 9.96. The average Bonchev–Trinajstić information content (AvgIpc) is 0.781. The number of hydrogen-bond acceptors (Lipinski definition) is 18. The van der Waals surface area contributed by atoms with E-state index in [1.807, 2.05) is 6.08 Å². The van der Waals surface area contributed by atoms with Crippen molar-refractivity contribution in [1.29, 1.82) is 0 Å². The highest BCUT2D eigenvalue weighted by molar-refractivity contribution is 5.76. The van der Waals surface area contributed by atoms with Gasteiger partial charge in [0.1, 0.15) is 73.2 Å². The van der Waals surface area contributed by atoms with Gasteiger partial charge in [-0.2, -0.15) is 0 Å². The molecule has 0 aromatic heterocycles. The predicted molar refractivity (Wildman–Crippen MR) is 411 cm³/mol. The van der Waals surface area contributed by atoms with Crippen molar-refractivity contribution in [3.63, 3.8) is 0 Å². The third-order valence-corrected chi connectivity index (χ3v) is 20.8. The molecule has 17 atom stereocenters. The zero-order valence-corrected chi connectivity index (χ0v) is 64.5. The van der Waals surface area contributed by atoms with Crippen LogP contribution in [-0.4, -0.2) is 193 Å². The van der Waals surface area contributed by atoms with Gasteiger partial charge in [0.15, 0.2) is 18.9 Å². The molecule has 0 saturated carbocycles. The van der Waals surface area contributed by atoms with Gasteiger partial charge in [0.2, 0.25) is 5.91 Å². The second-order valence-corrected chi connectivity index (χ2v) is 29.9. The lowest BCUT2D eigenvalue weighted by Gasteiger charge is -2.48. The molecule has 3 rings (SSSR count). The number of amides is 1. The van der Waals surface area contributed by atoms with Crippen molar-refractivity contribution < 1.29 is 89.4 Å². The Morgan fingerprint density at radius 1 is 0.359 bits per heavy atom. The van der Waals surface area contributed by atoms with Crippen molar-refractivity contribution >= 4 is 5.91 Å². The summed E-state index contributed by atoms with van der Waals surface area (Å²) in [5.74, 6) is -0.272. The largest absolute Gasteiger partial charge is 0.394 e. The molecule has 103 heavy (non-hydrogen) atoms. The first-order chi connectivity index (χ1) is 50.3. The van der Waals surface area contributed by atoms with E-state index in [2.05, 4.69) is 67.8 Å². The third-order valence-electron chi connectivity index (χ3n) is 20.8. The number of rotatable bonds is 67. The Morgan fingerprint density at radius 2 is 0.670 bits per heavy atom. The molecule has 0 bridgehead atoms. The normalized spacial score (nSPS) is 26.3. The van der Waals surface area contributed by atoms with Crippen molar-refractivity contribution in [2.24, 2.45) is 0 Å². The molecule has 0 aromatic rings. The van der Waals surface area contributed by atoms with E-state index in [0.717, 1.165) is 70.6 Å². The fourth-order valence-corrected chi connectivity index (χ4v) is 14.1. The molecule has 19 heteroatoms. The Kier molecular flexibility index (Phi) is 59.1. The van der Waals surface area contributed by atoms with Crippen LogP contribution in [0.4, 0.5) is 0 Å². The lowest BCUT2D eigenvalue weighted by Crippen LogP contribution is -2.66. The Balaban J connectivity index is 1.36. The highest BCUT2D eigenvalue weighted by Crippen LogP contribution is 2.33. The number of carbonyl (C=O) groups excluding carboxylic acids is 1. The highest BCUT2D eigenvalue weighted by atomic mass is 16.8. The molecule has 3 aliphatic rings. The zero-order valence-electron chi connectivity index (χ0n) is 64.5. The molecule has 3 aliphatic heterocycles. The molecule has 17 unspecified atom stereocenters. The number of aliphatic hydroxyl groups is 11. The van der Waals surface area contributed by atoms with Gasteiger partial charge in [-0.05, 0) is 57.8 Å². The van der Waals surface area contributed by atoms with Crippen LogP contribution in [0.25, 0.3) is 0 Å². The zero-order chi connectivity index (χ0) is 74.6. The van der Waals surface area contributed by atoms with E-state index in [0.29, 0.717) is 6.42 Å². The topological polar surface area (TPSA) is 307 Å². The summed E-state index contributed by atoms with van der Waals surface area (Å²) in [5, 5.41) is 121. The first-order valence-electron chi connectivity index (χ1n) is 42.0. The maximum Gasteiger partial charge on any atom is 0.220 e. The van der Waals surface area contributed by atoms with Crippen LogP contribution in [0.5, 0.6) is 0 Å². The summed E-state index contributed by atoms with van der Waals surface area (Å²) < 4.78 is 34.5. The first-order valence-corrected chi connectivity index (χ1v) is 42.0. The van der Waals surface area contributed by atoms with E-state index in [4.69, 9.17) is 28.4 Å². The van der Waals surface area contributed by atoms with Crippen molar-refractivity contribution in [2.75, 3.05) is 26.4 Å². The number of nitrogens with one attached hydrogen (secondary N) is 1. The molecule has 3 saturated heterocycles. The van der Waals surface area contributed by atoms with Crippen molar-refractivity contribution in [3.05, 3.63) is 60.8 Å². The van der Waals surface area contributed by atoms with Crippen LogP contribution in [0, 0.1) is 0 Å². The summed E-state index contributed by atoms with van der Waals surface area (Å²) in [6.07, 6.45) is 56.4. The summed E-state index contributed by atoms with van der Waals surface area (Å²) in [6.45, 7) is 1.67. The number of allylic oxidation sites excluding steroid dienone is 9. The van der Waals surface area contributed by atoms with Gasteiger partial charge in [-0.3, -0.25) is 4.79 Å². The van der Waals surface area contributed by atoms with Crippen LogP contribution in [0.1, 0.15) is 335 Å². The van der Waals surface area contributed by atoms with Crippen LogP contribution >= 0.6 is 0 Å². The summed E-state index contributed by atoms with van der Waals surface area (Å²) in [4.78, 5) is 13.5. The highest BCUT2D eigenvalue weighted by Gasteiger charge is 2.54. The third kappa shape index (κ3) is 44.1. The second kappa shape index (κ2) is 64.3. The van der Waals surface area contributed by atoms with Crippen LogP contribution in [0.2, 0.25) is 0 Å². The van der Waals surface area contributed by atoms with Gasteiger partial charge in [0.05, 0.1) is 38.6 Å². The molecule has 0 spiro atoms. The monoisotopic (exact) mass is 1460 g/mol. The van der Waals surface area contributed by atoms with Gasteiger partial charge in [-0.25, -0.2) is 0 Å². The quantitative estimate of drug-likeness (QED) is 0.0199. The molecule has 1 amide bonds. The van der Waals surface area contributed by atoms with Crippen molar-refractivity contribution in [1.82, 2.24) is 5.32 Å². The number of hydrogen-bond donors (Lipinski definition) is 12. The Bertz CT molecular complexity index is 2090. The SMILES string of the molecule is CC/C=C\C/C=C\C/C=C\C/C=C\CCCCCCCCCCCCCCCCCCC(=O)NC(COC1OC(CO)C(OC2OC(CO)C(OC3OC(CO)C(O)C(O)C3O)C(O)C2O)C(O)C1O)C(O)/C=C/CCCCCCCCCCCCCCCCCCCCCCCCCCCCC. The molecular formula is C84H153NO18. The Labute approximate surface area is 624 Å². The number of carbonyl (C=O) groups is 1. The van der Waals surface area contributed by atoms with E-state index in [9.17, 15) is 61.0 Å². The summed E-state index contributed by atoms with van der Waals surface area (Å²) in [6, 6.07) is -0.977. The molecule has 602 valence electrons. The lowest BCUT2D eigenvalue weighted by molar-refractivity contribution is -0.379.